The molecule has 1 rings (SSSR count). The monoisotopic (exact) mass is 152 g/mol. The van der Waals surface area contributed by atoms with E-state index in [0.717, 1.165) is 5.56 Å². The van der Waals surface area contributed by atoms with Crippen molar-refractivity contribution in [1.82, 2.24) is 0 Å². The summed E-state index contributed by atoms with van der Waals surface area (Å²) >= 11 is 0. The summed E-state index contributed by atoms with van der Waals surface area (Å²) in [5, 5.41) is 8.85. The smallest absolute Gasteiger partial charge is 0.0436 e. The molecule has 0 amide bonds. The zero-order valence-electron chi connectivity index (χ0n) is 8.62. The Morgan fingerprint density at radius 3 is 2.64 bits per heavy atom. The summed E-state index contributed by atoms with van der Waals surface area (Å²) < 4.78 is 15.1. The van der Waals surface area contributed by atoms with Crippen molar-refractivity contribution in [2.75, 3.05) is 6.61 Å². The van der Waals surface area contributed by atoms with Crippen molar-refractivity contribution in [3.05, 3.63) is 35.9 Å². The second kappa shape index (κ2) is 4.14. The molecule has 0 aromatic heterocycles. The molecule has 0 fully saturated rings. The van der Waals surface area contributed by atoms with Crippen LogP contribution in [0, 0.1) is 0 Å². The van der Waals surface area contributed by atoms with Gasteiger partial charge in [-0.15, -0.1) is 0 Å². The largest absolute Gasteiger partial charge is 0.396 e. The van der Waals surface area contributed by atoms with Gasteiger partial charge in [0, 0.05) is 9.35 Å². The summed E-state index contributed by atoms with van der Waals surface area (Å²) in [6, 6.07) is 9.39. The van der Waals surface area contributed by atoms with Crippen LogP contribution in [0.5, 0.6) is 0 Å². The van der Waals surface area contributed by atoms with Gasteiger partial charge >= 0.3 is 0 Å². The molecule has 0 saturated carbocycles. The molecule has 1 aromatic carbocycles. The minimum Gasteiger partial charge on any atom is -0.396 e. The fourth-order valence-electron chi connectivity index (χ4n) is 0.996. The van der Waals surface area contributed by atoms with E-state index >= 15 is 0 Å². The highest BCUT2D eigenvalue weighted by molar-refractivity contribution is 5.18. The van der Waals surface area contributed by atoms with E-state index in [1.165, 1.54) is 0 Å². The summed E-state index contributed by atoms with van der Waals surface area (Å²) in [5.41, 5.74) is 0.918. The van der Waals surface area contributed by atoms with Gasteiger partial charge in [-0.1, -0.05) is 37.3 Å². The molecule has 0 unspecified atom stereocenters. The van der Waals surface area contributed by atoms with E-state index in [1.807, 2.05) is 30.3 Å². The van der Waals surface area contributed by atoms with Gasteiger partial charge < -0.3 is 5.11 Å². The predicted octanol–water partition coefficient (Wildman–Crippen LogP) is 2.17. The van der Waals surface area contributed by atoms with Gasteiger partial charge in [0.05, 0.1) is 0 Å². The fraction of sp³-hybridized carbons (Fsp3) is 0.400. The Kier molecular flexibility index (Phi) is 2.18. The second-order valence-electron chi connectivity index (χ2n) is 2.49. The molecule has 0 aliphatic rings. The third kappa shape index (κ3) is 2.35. The predicted molar refractivity (Wildman–Crippen MR) is 46.6 cm³/mol. The standard InChI is InChI=1S/C10H14O/c1-9(7-8-11)10-5-3-2-4-6-10/h2-6,9,11H,7-8H2,1H3/t9-/m0/s1/i7D2. The Labute approximate surface area is 70.5 Å². The van der Waals surface area contributed by atoms with Crippen LogP contribution in [0.3, 0.4) is 0 Å². The highest BCUT2D eigenvalue weighted by Gasteiger charge is 2.01. The topological polar surface area (TPSA) is 20.2 Å². The van der Waals surface area contributed by atoms with Gasteiger partial charge in [-0.05, 0) is 17.9 Å². The molecule has 1 heteroatoms. The third-order valence-electron chi connectivity index (χ3n) is 1.70. The van der Waals surface area contributed by atoms with E-state index in [1.54, 1.807) is 6.92 Å². The molecule has 0 spiro atoms. The Morgan fingerprint density at radius 2 is 2.09 bits per heavy atom. The number of rotatable bonds is 3. The lowest BCUT2D eigenvalue weighted by atomic mass is 9.99. The molecular weight excluding hydrogens is 136 g/mol. The average Bonchev–Trinajstić information content (AvgIpc) is 2.18. The fourth-order valence-corrected chi connectivity index (χ4v) is 0.996. The number of hydrogen-bond donors (Lipinski definition) is 1. The number of aliphatic hydroxyl groups is 1. The average molecular weight is 152 g/mol. The lowest BCUT2D eigenvalue weighted by molar-refractivity contribution is 0.278. The van der Waals surface area contributed by atoms with Gasteiger partial charge in [-0.3, -0.25) is 0 Å². The zero-order chi connectivity index (χ0) is 9.90. The molecule has 1 atom stereocenters. The molecule has 0 radical (unpaired) electrons. The molecule has 60 valence electrons. The van der Waals surface area contributed by atoms with Crippen molar-refractivity contribution in [2.24, 2.45) is 0 Å². The summed E-state index contributed by atoms with van der Waals surface area (Å²) in [6.45, 7) is 1.34. The molecule has 0 heterocycles. The maximum absolute atomic E-state index is 8.85. The van der Waals surface area contributed by atoms with Crippen LogP contribution in [0.1, 0.15) is 27.5 Å². The zero-order valence-corrected chi connectivity index (χ0v) is 6.62. The first-order valence-electron chi connectivity index (χ1n) is 4.74. The SMILES string of the molecule is [2H]C([2H])(CO)[C@H](C)c1ccccc1. The molecule has 0 aliphatic heterocycles. The quantitative estimate of drug-likeness (QED) is 0.703. The highest BCUT2D eigenvalue weighted by atomic mass is 16.3. The van der Waals surface area contributed by atoms with Gasteiger partial charge in [-0.25, -0.2) is 0 Å². The minimum absolute atomic E-state index is 0.279. The van der Waals surface area contributed by atoms with E-state index in [4.69, 9.17) is 7.85 Å². The Hall–Kier alpha value is -0.820. The van der Waals surface area contributed by atoms with Crippen molar-refractivity contribution in [2.45, 2.75) is 19.2 Å². The summed E-state index contributed by atoms with van der Waals surface area (Å²) in [6.07, 6.45) is -1.54. The van der Waals surface area contributed by atoms with Crippen LogP contribution in [-0.4, -0.2) is 11.7 Å². The molecule has 11 heavy (non-hydrogen) atoms. The van der Waals surface area contributed by atoms with Crippen LogP contribution >= 0.6 is 0 Å². The Balaban J connectivity index is 2.85. The number of benzene rings is 1. The maximum Gasteiger partial charge on any atom is 0.0436 e. The van der Waals surface area contributed by atoms with Crippen LogP contribution in [0.4, 0.5) is 0 Å². The number of hydrogen-bond acceptors (Lipinski definition) is 1. The normalized spacial score (nSPS) is 16.9. The molecule has 1 nitrogen and oxygen atoms in total. The molecule has 0 aliphatic carbocycles. The van der Waals surface area contributed by atoms with Crippen molar-refractivity contribution in [1.29, 1.82) is 0 Å². The Bertz CT molecular complexity index is 259. The summed E-state index contributed by atoms with van der Waals surface area (Å²) in [7, 11) is 0. The first-order valence-corrected chi connectivity index (χ1v) is 3.74. The molecule has 0 bridgehead atoms. The van der Waals surface area contributed by atoms with E-state index in [2.05, 4.69) is 0 Å². The summed E-state index contributed by atoms with van der Waals surface area (Å²) in [4.78, 5) is 0. The molecule has 1 N–H and O–H groups in total. The first-order chi connectivity index (χ1) is 6.08. The molecular formula is C10H14O. The molecule has 0 saturated heterocycles. The van der Waals surface area contributed by atoms with Gasteiger partial charge in [0.2, 0.25) is 0 Å². The van der Waals surface area contributed by atoms with E-state index < -0.39 is 13.0 Å². The minimum atomic E-state index is -1.54. The Morgan fingerprint density at radius 1 is 1.45 bits per heavy atom. The third-order valence-corrected chi connectivity index (χ3v) is 1.70. The van der Waals surface area contributed by atoms with E-state index in [9.17, 15) is 0 Å². The highest BCUT2D eigenvalue weighted by Crippen LogP contribution is 2.17. The van der Waals surface area contributed by atoms with Gasteiger partial charge in [-0.2, -0.15) is 0 Å². The lowest BCUT2D eigenvalue weighted by Crippen LogP contribution is -1.95. The maximum atomic E-state index is 8.85. The van der Waals surface area contributed by atoms with Crippen LogP contribution in [0.25, 0.3) is 0 Å². The van der Waals surface area contributed by atoms with Gasteiger partial charge in [0.25, 0.3) is 0 Å². The lowest BCUT2D eigenvalue weighted by Gasteiger charge is -2.08. The molecule has 1 aromatic rings. The van der Waals surface area contributed by atoms with Crippen LogP contribution in [0.15, 0.2) is 30.3 Å². The van der Waals surface area contributed by atoms with Crippen molar-refractivity contribution in [3.63, 3.8) is 0 Å². The van der Waals surface area contributed by atoms with Crippen LogP contribution in [0.2, 0.25) is 0 Å². The van der Waals surface area contributed by atoms with E-state index in [-0.39, 0.29) is 5.92 Å². The van der Waals surface area contributed by atoms with Gasteiger partial charge in [0.15, 0.2) is 0 Å². The van der Waals surface area contributed by atoms with Crippen LogP contribution in [-0.2, 0) is 0 Å². The number of aliphatic hydroxyl groups excluding tert-OH is 1. The van der Waals surface area contributed by atoms with Gasteiger partial charge in [0.1, 0.15) is 0 Å². The van der Waals surface area contributed by atoms with Crippen molar-refractivity contribution < 1.29 is 7.85 Å². The van der Waals surface area contributed by atoms with Crippen LogP contribution < -0.4 is 0 Å². The van der Waals surface area contributed by atoms with E-state index in [0.29, 0.717) is 0 Å². The first kappa shape index (κ1) is 5.78. The van der Waals surface area contributed by atoms with Crippen molar-refractivity contribution in [3.8, 4) is 0 Å². The second-order valence-corrected chi connectivity index (χ2v) is 2.49. The van der Waals surface area contributed by atoms with Crippen molar-refractivity contribution >= 4 is 0 Å². The summed E-state index contributed by atoms with van der Waals surface area (Å²) in [5.74, 6) is -0.279.